The fourth-order valence-electron chi connectivity index (χ4n) is 3.89. The van der Waals surface area contributed by atoms with Crippen LogP contribution in [0.4, 0.5) is 4.79 Å². The van der Waals surface area contributed by atoms with E-state index in [1.165, 1.54) is 0 Å². The summed E-state index contributed by atoms with van der Waals surface area (Å²) in [5, 5.41) is 12.3. The Balaban J connectivity index is 1.98. The fourth-order valence-corrected chi connectivity index (χ4v) is 3.89. The minimum atomic E-state index is -0.763. The number of hydrogen-bond donors (Lipinski definition) is 2. The fraction of sp³-hybridized carbons (Fsp3) is 0.867. The largest absolute Gasteiger partial charge is 0.481 e. The predicted octanol–water partition coefficient (Wildman–Crippen LogP) is 2.17. The molecule has 5 heteroatoms. The molecule has 2 aliphatic rings. The van der Waals surface area contributed by atoms with Gasteiger partial charge in [-0.1, -0.05) is 20.8 Å². The molecular formula is C15H26N2O3. The number of fused-ring (bicyclic) bond motifs is 2. The molecule has 114 valence electrons. The van der Waals surface area contributed by atoms with Crippen molar-refractivity contribution in [1.82, 2.24) is 10.2 Å². The van der Waals surface area contributed by atoms with Gasteiger partial charge in [-0.3, -0.25) is 4.79 Å². The molecule has 4 atom stereocenters. The van der Waals surface area contributed by atoms with Gasteiger partial charge in [-0.05, 0) is 36.5 Å². The number of nitrogens with zero attached hydrogens (tertiary/aromatic N) is 1. The summed E-state index contributed by atoms with van der Waals surface area (Å²) in [6.07, 6.45) is 2.99. The molecule has 20 heavy (non-hydrogen) atoms. The van der Waals surface area contributed by atoms with Crippen molar-refractivity contribution in [3.63, 3.8) is 0 Å². The number of amides is 2. The number of carboxylic acids is 1. The Morgan fingerprint density at radius 2 is 1.85 bits per heavy atom. The van der Waals surface area contributed by atoms with Crippen molar-refractivity contribution in [3.8, 4) is 0 Å². The van der Waals surface area contributed by atoms with Crippen LogP contribution in [0.15, 0.2) is 0 Å². The minimum absolute atomic E-state index is 0.0347. The summed E-state index contributed by atoms with van der Waals surface area (Å²) in [5.41, 5.74) is 0.0347. The van der Waals surface area contributed by atoms with Crippen molar-refractivity contribution in [2.45, 2.75) is 46.1 Å². The minimum Gasteiger partial charge on any atom is -0.481 e. The number of carboxylic acid groups (broad SMARTS) is 1. The van der Waals surface area contributed by atoms with Crippen molar-refractivity contribution < 1.29 is 14.7 Å². The Labute approximate surface area is 120 Å². The predicted molar refractivity (Wildman–Crippen MR) is 76.4 cm³/mol. The molecule has 0 heterocycles. The second kappa shape index (κ2) is 5.26. The van der Waals surface area contributed by atoms with E-state index in [2.05, 4.69) is 26.1 Å². The first-order valence-electron chi connectivity index (χ1n) is 7.43. The maximum atomic E-state index is 12.2. The number of aliphatic carboxylic acids is 1. The van der Waals surface area contributed by atoms with Crippen molar-refractivity contribution in [2.24, 2.45) is 23.2 Å². The zero-order valence-corrected chi connectivity index (χ0v) is 12.8. The van der Waals surface area contributed by atoms with E-state index < -0.39 is 11.9 Å². The summed E-state index contributed by atoms with van der Waals surface area (Å²) in [7, 11) is 1.77. The first-order valence-corrected chi connectivity index (χ1v) is 7.43. The quantitative estimate of drug-likeness (QED) is 0.833. The second-order valence-corrected chi connectivity index (χ2v) is 7.59. The van der Waals surface area contributed by atoms with Gasteiger partial charge in [-0.25, -0.2) is 4.79 Å². The Hall–Kier alpha value is -1.26. The third-order valence-corrected chi connectivity index (χ3v) is 4.55. The molecule has 0 aromatic rings. The normalized spacial score (nSPS) is 32.2. The molecule has 5 nitrogen and oxygen atoms in total. The van der Waals surface area contributed by atoms with Crippen molar-refractivity contribution >= 4 is 12.0 Å². The highest BCUT2D eigenvalue weighted by Crippen LogP contribution is 2.48. The zero-order valence-electron chi connectivity index (χ0n) is 12.8. The number of nitrogens with one attached hydrogen (secondary N) is 1. The SMILES string of the molecule is CN(CC(C)(C)C)C(=O)NC1C2CCC(C2)C1C(=O)O. The van der Waals surface area contributed by atoms with Crippen LogP contribution in [0.1, 0.15) is 40.0 Å². The van der Waals surface area contributed by atoms with Crippen molar-refractivity contribution in [2.75, 3.05) is 13.6 Å². The Kier molecular flexibility index (Phi) is 3.98. The van der Waals surface area contributed by atoms with Crippen LogP contribution in [-0.2, 0) is 4.79 Å². The van der Waals surface area contributed by atoms with E-state index in [4.69, 9.17) is 0 Å². The van der Waals surface area contributed by atoms with Gasteiger partial charge in [-0.2, -0.15) is 0 Å². The summed E-state index contributed by atoms with van der Waals surface area (Å²) >= 11 is 0. The summed E-state index contributed by atoms with van der Waals surface area (Å²) in [6, 6.07) is -0.343. The molecule has 2 amide bonds. The summed E-state index contributed by atoms with van der Waals surface area (Å²) in [4.78, 5) is 25.3. The van der Waals surface area contributed by atoms with Crippen LogP contribution < -0.4 is 5.32 Å². The maximum absolute atomic E-state index is 12.2. The van der Waals surface area contributed by atoms with Gasteiger partial charge in [0.25, 0.3) is 0 Å². The zero-order chi connectivity index (χ0) is 15.1. The second-order valence-electron chi connectivity index (χ2n) is 7.59. The molecule has 4 unspecified atom stereocenters. The monoisotopic (exact) mass is 282 g/mol. The number of carbonyl (C=O) groups is 2. The lowest BCUT2D eigenvalue weighted by Gasteiger charge is -2.32. The molecule has 0 aliphatic heterocycles. The van der Waals surface area contributed by atoms with E-state index in [0.717, 1.165) is 19.3 Å². The van der Waals surface area contributed by atoms with Gasteiger partial charge in [0, 0.05) is 19.6 Å². The van der Waals surface area contributed by atoms with Gasteiger partial charge >= 0.3 is 12.0 Å². The smallest absolute Gasteiger partial charge is 0.317 e. The van der Waals surface area contributed by atoms with E-state index in [1.807, 2.05) is 0 Å². The average molecular weight is 282 g/mol. The van der Waals surface area contributed by atoms with Crippen LogP contribution in [0.25, 0.3) is 0 Å². The first kappa shape index (κ1) is 15.1. The molecule has 2 aliphatic carbocycles. The standard InChI is InChI=1S/C15H26N2O3/c1-15(2,3)8-17(4)14(20)16-12-10-6-5-9(7-10)11(12)13(18)19/h9-12H,5-8H2,1-4H3,(H,16,20)(H,18,19). The van der Waals surface area contributed by atoms with E-state index >= 15 is 0 Å². The lowest BCUT2D eigenvalue weighted by molar-refractivity contribution is -0.144. The van der Waals surface area contributed by atoms with Crippen molar-refractivity contribution in [1.29, 1.82) is 0 Å². The first-order chi connectivity index (χ1) is 9.19. The van der Waals surface area contributed by atoms with Gasteiger partial charge in [0.15, 0.2) is 0 Å². The van der Waals surface area contributed by atoms with E-state index in [-0.39, 0.29) is 23.4 Å². The highest BCUT2D eigenvalue weighted by atomic mass is 16.4. The van der Waals surface area contributed by atoms with Crippen LogP contribution in [0.5, 0.6) is 0 Å². The van der Waals surface area contributed by atoms with Crippen LogP contribution in [-0.4, -0.2) is 41.6 Å². The molecule has 0 radical (unpaired) electrons. The molecular weight excluding hydrogens is 256 g/mol. The number of carbonyl (C=O) groups excluding carboxylic acids is 1. The molecule has 2 fully saturated rings. The Bertz CT molecular complexity index is 402. The Morgan fingerprint density at radius 3 is 2.40 bits per heavy atom. The lowest BCUT2D eigenvalue weighted by atomic mass is 9.84. The summed E-state index contributed by atoms with van der Waals surface area (Å²) in [5.74, 6) is -0.578. The van der Waals surface area contributed by atoms with Crippen LogP contribution in [0.3, 0.4) is 0 Å². The Morgan fingerprint density at radius 1 is 1.25 bits per heavy atom. The summed E-state index contributed by atoms with van der Waals surface area (Å²) in [6.45, 7) is 6.88. The highest BCUT2D eigenvalue weighted by Gasteiger charge is 2.51. The average Bonchev–Trinajstić information content (AvgIpc) is 2.86. The number of rotatable bonds is 3. The highest BCUT2D eigenvalue weighted by molar-refractivity contribution is 5.77. The third-order valence-electron chi connectivity index (χ3n) is 4.55. The van der Waals surface area contributed by atoms with Gasteiger partial charge in [0.1, 0.15) is 0 Å². The molecule has 2 N–H and O–H groups in total. The molecule has 0 spiro atoms. The number of hydrogen-bond acceptors (Lipinski definition) is 2. The topological polar surface area (TPSA) is 69.6 Å². The molecule has 2 rings (SSSR count). The number of urea groups is 1. The van der Waals surface area contributed by atoms with Crippen LogP contribution >= 0.6 is 0 Å². The van der Waals surface area contributed by atoms with E-state index in [1.54, 1.807) is 11.9 Å². The van der Waals surface area contributed by atoms with Gasteiger partial charge in [0.05, 0.1) is 5.92 Å². The lowest BCUT2D eigenvalue weighted by Crippen LogP contribution is -2.51. The van der Waals surface area contributed by atoms with E-state index in [0.29, 0.717) is 12.5 Å². The maximum Gasteiger partial charge on any atom is 0.317 e. The summed E-state index contributed by atoms with van der Waals surface area (Å²) < 4.78 is 0. The van der Waals surface area contributed by atoms with Crippen molar-refractivity contribution in [3.05, 3.63) is 0 Å². The van der Waals surface area contributed by atoms with Crippen LogP contribution in [0, 0.1) is 23.2 Å². The molecule has 0 saturated heterocycles. The van der Waals surface area contributed by atoms with Gasteiger partial charge in [0.2, 0.25) is 0 Å². The van der Waals surface area contributed by atoms with Gasteiger partial charge in [-0.15, -0.1) is 0 Å². The molecule has 2 bridgehead atoms. The van der Waals surface area contributed by atoms with Gasteiger partial charge < -0.3 is 15.3 Å². The molecule has 2 saturated carbocycles. The van der Waals surface area contributed by atoms with Crippen LogP contribution in [0.2, 0.25) is 0 Å². The van der Waals surface area contributed by atoms with E-state index in [9.17, 15) is 14.7 Å². The third kappa shape index (κ3) is 3.07. The molecule has 0 aromatic heterocycles. The molecule has 0 aromatic carbocycles.